The largest absolute Gasteiger partial charge is 0.357 e. The van der Waals surface area contributed by atoms with Gasteiger partial charge in [0, 0.05) is 29.5 Å². The second-order valence-corrected chi connectivity index (χ2v) is 11.5. The molecule has 3 rings (SSSR count). The second kappa shape index (κ2) is 12.4. The molecule has 3 aromatic carbocycles. The fourth-order valence-corrected chi connectivity index (χ4v) is 5.04. The van der Waals surface area contributed by atoms with Gasteiger partial charge in [-0.25, -0.2) is 8.42 Å². The number of amides is 2. The number of nitrogens with one attached hydrogen (secondary N) is 1. The summed E-state index contributed by atoms with van der Waals surface area (Å²) in [5.74, 6) is -0.870. The minimum atomic E-state index is -3.83. The molecule has 7 nitrogen and oxygen atoms in total. The average Bonchev–Trinajstić information content (AvgIpc) is 2.85. The highest BCUT2D eigenvalue weighted by Gasteiger charge is 2.32. The molecule has 0 saturated carbocycles. The van der Waals surface area contributed by atoms with Crippen molar-refractivity contribution in [1.82, 2.24) is 10.2 Å². The molecular formula is C26H27BrClN3O4S. The third-order valence-electron chi connectivity index (χ3n) is 5.56. The predicted octanol–water partition coefficient (Wildman–Crippen LogP) is 4.25. The highest BCUT2D eigenvalue weighted by Crippen LogP contribution is 2.23. The van der Waals surface area contributed by atoms with Crippen molar-refractivity contribution in [1.29, 1.82) is 0 Å². The van der Waals surface area contributed by atoms with Gasteiger partial charge in [-0.05, 0) is 41.5 Å². The molecule has 0 heterocycles. The Morgan fingerprint density at radius 2 is 1.64 bits per heavy atom. The third-order valence-corrected chi connectivity index (χ3v) is 7.46. The standard InChI is InChI=1S/C26H27BrClN3O4S/c1-29-26(33)24(15-19-7-4-3-5-8-19)30(17-20-11-13-21(27)14-12-20)25(32)18-31(36(2,34)35)23-10-6-9-22(28)16-23/h3-14,16,24H,15,17-18H2,1-2H3,(H,29,33)/t24-/m1/s1. The number of hydrogen-bond donors (Lipinski definition) is 1. The minimum absolute atomic E-state index is 0.115. The van der Waals surface area contributed by atoms with E-state index >= 15 is 0 Å². The number of anilines is 1. The van der Waals surface area contributed by atoms with E-state index in [1.54, 1.807) is 18.2 Å². The van der Waals surface area contributed by atoms with Crippen molar-refractivity contribution in [3.05, 3.63) is 99.5 Å². The molecule has 0 radical (unpaired) electrons. The first-order valence-electron chi connectivity index (χ1n) is 11.1. The van der Waals surface area contributed by atoms with Crippen LogP contribution in [-0.4, -0.2) is 51.0 Å². The lowest BCUT2D eigenvalue weighted by Crippen LogP contribution is -2.52. The van der Waals surface area contributed by atoms with E-state index in [2.05, 4.69) is 21.2 Å². The maximum atomic E-state index is 13.8. The average molecular weight is 593 g/mol. The number of hydrogen-bond acceptors (Lipinski definition) is 4. The zero-order valence-corrected chi connectivity index (χ0v) is 23.1. The van der Waals surface area contributed by atoms with Crippen LogP contribution in [0.1, 0.15) is 11.1 Å². The summed E-state index contributed by atoms with van der Waals surface area (Å²) in [6.45, 7) is -0.373. The molecule has 0 aliphatic rings. The van der Waals surface area contributed by atoms with Crippen molar-refractivity contribution in [2.24, 2.45) is 0 Å². The Morgan fingerprint density at radius 1 is 0.972 bits per heavy atom. The monoisotopic (exact) mass is 591 g/mol. The molecule has 10 heteroatoms. The first-order valence-corrected chi connectivity index (χ1v) is 14.1. The zero-order chi connectivity index (χ0) is 26.3. The molecule has 36 heavy (non-hydrogen) atoms. The number of likely N-dealkylation sites (N-methyl/N-ethyl adjacent to an activating group) is 1. The molecule has 2 amide bonds. The number of carbonyl (C=O) groups excluding carboxylic acids is 2. The molecule has 0 aliphatic carbocycles. The summed E-state index contributed by atoms with van der Waals surface area (Å²) in [7, 11) is -2.32. The van der Waals surface area contributed by atoms with Gasteiger partial charge in [-0.15, -0.1) is 0 Å². The summed E-state index contributed by atoms with van der Waals surface area (Å²) in [5.41, 5.74) is 1.93. The number of halogens is 2. The molecule has 0 fully saturated rings. The molecule has 0 saturated heterocycles. The van der Waals surface area contributed by atoms with Gasteiger partial charge in [0.15, 0.2) is 0 Å². The lowest BCUT2D eigenvalue weighted by molar-refractivity contribution is -0.139. The van der Waals surface area contributed by atoms with Crippen LogP contribution in [0.3, 0.4) is 0 Å². The smallest absolute Gasteiger partial charge is 0.244 e. The molecule has 0 bridgehead atoms. The van der Waals surface area contributed by atoms with E-state index in [-0.39, 0.29) is 24.6 Å². The summed E-state index contributed by atoms with van der Waals surface area (Å²) in [6.07, 6.45) is 1.29. The Morgan fingerprint density at radius 3 is 2.22 bits per heavy atom. The van der Waals surface area contributed by atoms with Crippen molar-refractivity contribution in [3.8, 4) is 0 Å². The third kappa shape index (κ3) is 7.56. The Hall–Kier alpha value is -2.88. The van der Waals surface area contributed by atoms with Gasteiger partial charge in [0.2, 0.25) is 21.8 Å². The number of sulfonamides is 1. The van der Waals surface area contributed by atoms with Crippen molar-refractivity contribution in [2.45, 2.75) is 19.0 Å². The summed E-state index contributed by atoms with van der Waals surface area (Å²) in [5, 5.41) is 2.99. The predicted molar refractivity (Wildman–Crippen MR) is 146 cm³/mol. The van der Waals surface area contributed by atoms with Gasteiger partial charge in [-0.2, -0.15) is 0 Å². The Balaban J connectivity index is 2.01. The Labute approximate surface area is 225 Å². The topological polar surface area (TPSA) is 86.8 Å². The van der Waals surface area contributed by atoms with Crippen LogP contribution in [0, 0.1) is 0 Å². The van der Waals surface area contributed by atoms with Crippen molar-refractivity contribution in [3.63, 3.8) is 0 Å². The van der Waals surface area contributed by atoms with Gasteiger partial charge < -0.3 is 10.2 Å². The zero-order valence-electron chi connectivity index (χ0n) is 19.9. The molecule has 1 N–H and O–H groups in total. The summed E-state index contributed by atoms with van der Waals surface area (Å²) >= 11 is 9.49. The Kier molecular flexibility index (Phi) is 9.53. The van der Waals surface area contributed by atoms with Gasteiger partial charge in [-0.3, -0.25) is 13.9 Å². The summed E-state index contributed by atoms with van der Waals surface area (Å²) in [4.78, 5) is 28.2. The van der Waals surface area contributed by atoms with Crippen LogP contribution in [0.25, 0.3) is 0 Å². The van der Waals surface area contributed by atoms with Crippen molar-refractivity contribution < 1.29 is 18.0 Å². The van der Waals surface area contributed by atoms with E-state index < -0.39 is 28.5 Å². The normalized spacial score (nSPS) is 12.0. The second-order valence-electron chi connectivity index (χ2n) is 8.22. The number of nitrogens with zero attached hydrogens (tertiary/aromatic N) is 2. The molecule has 0 spiro atoms. The van der Waals surface area contributed by atoms with Gasteiger partial charge >= 0.3 is 0 Å². The highest BCUT2D eigenvalue weighted by atomic mass is 79.9. The molecule has 3 aromatic rings. The fraction of sp³-hybridized carbons (Fsp3) is 0.231. The lowest BCUT2D eigenvalue weighted by Gasteiger charge is -2.33. The minimum Gasteiger partial charge on any atom is -0.357 e. The molecule has 0 aliphatic heterocycles. The quantitative estimate of drug-likeness (QED) is 0.381. The van der Waals surface area contributed by atoms with Crippen LogP contribution in [0.5, 0.6) is 0 Å². The molecule has 0 aromatic heterocycles. The van der Waals surface area contributed by atoms with E-state index in [9.17, 15) is 18.0 Å². The van der Waals surface area contributed by atoms with E-state index in [1.807, 2.05) is 54.6 Å². The maximum Gasteiger partial charge on any atom is 0.244 e. The molecule has 190 valence electrons. The number of rotatable bonds is 10. The first-order chi connectivity index (χ1) is 17.1. The van der Waals surface area contributed by atoms with E-state index in [4.69, 9.17) is 11.6 Å². The molecule has 1 atom stereocenters. The van der Waals surface area contributed by atoms with Crippen LogP contribution in [0.15, 0.2) is 83.3 Å². The Bertz CT molecular complexity index is 1300. The SMILES string of the molecule is CNC(=O)[C@@H](Cc1ccccc1)N(Cc1ccc(Br)cc1)C(=O)CN(c1cccc(Cl)c1)S(C)(=O)=O. The summed E-state index contributed by atoms with van der Waals surface area (Å²) in [6, 6.07) is 22.2. The highest BCUT2D eigenvalue weighted by molar-refractivity contribution is 9.10. The van der Waals surface area contributed by atoms with Crippen LogP contribution in [0.4, 0.5) is 5.69 Å². The van der Waals surface area contributed by atoms with Crippen LogP contribution in [0.2, 0.25) is 5.02 Å². The van der Waals surface area contributed by atoms with E-state index in [0.717, 1.165) is 26.2 Å². The summed E-state index contributed by atoms with van der Waals surface area (Å²) < 4.78 is 27.2. The van der Waals surface area contributed by atoms with Crippen LogP contribution < -0.4 is 9.62 Å². The van der Waals surface area contributed by atoms with E-state index in [0.29, 0.717) is 5.02 Å². The first kappa shape index (κ1) is 27.7. The number of benzene rings is 3. The van der Waals surface area contributed by atoms with Gasteiger partial charge in [0.05, 0.1) is 11.9 Å². The van der Waals surface area contributed by atoms with Gasteiger partial charge in [0.25, 0.3) is 0 Å². The van der Waals surface area contributed by atoms with Gasteiger partial charge in [0.1, 0.15) is 12.6 Å². The van der Waals surface area contributed by atoms with Crippen molar-refractivity contribution in [2.75, 3.05) is 24.2 Å². The number of carbonyl (C=O) groups is 2. The van der Waals surface area contributed by atoms with E-state index in [1.165, 1.54) is 18.0 Å². The maximum absolute atomic E-state index is 13.8. The van der Waals surface area contributed by atoms with Crippen LogP contribution in [-0.2, 0) is 32.6 Å². The van der Waals surface area contributed by atoms with Crippen LogP contribution >= 0.6 is 27.5 Å². The lowest BCUT2D eigenvalue weighted by atomic mass is 10.0. The van der Waals surface area contributed by atoms with Gasteiger partial charge in [-0.1, -0.05) is 76.1 Å². The molecular weight excluding hydrogens is 566 g/mol. The molecule has 0 unspecified atom stereocenters. The van der Waals surface area contributed by atoms with Crippen molar-refractivity contribution >= 4 is 55.1 Å². The fourth-order valence-electron chi connectivity index (χ4n) is 3.75.